The van der Waals surface area contributed by atoms with E-state index < -0.39 is 5.91 Å². The van der Waals surface area contributed by atoms with E-state index in [0.29, 0.717) is 12.0 Å². The lowest BCUT2D eigenvalue weighted by Crippen LogP contribution is -2.15. The number of carbonyl (C=O) groups excluding carboxylic acids is 1. The maximum atomic E-state index is 11.7. The molecule has 0 spiro atoms. The molecule has 1 N–H and O–H groups in total. The molecule has 0 aromatic carbocycles. The lowest BCUT2D eigenvalue weighted by atomic mass is 10.4. The lowest BCUT2D eigenvalue weighted by molar-refractivity contribution is 0.0995. The zero-order chi connectivity index (χ0) is 11.8. The molecule has 8 heteroatoms. The summed E-state index contributed by atoms with van der Waals surface area (Å²) in [6.07, 6.45) is 2.06. The zero-order valence-electron chi connectivity index (χ0n) is 8.63. The topological polar surface area (TPSA) is 85.8 Å². The van der Waals surface area contributed by atoms with Crippen LogP contribution < -0.4 is 5.32 Å². The fourth-order valence-corrected chi connectivity index (χ4v) is 1.59. The van der Waals surface area contributed by atoms with Crippen molar-refractivity contribution in [3.8, 4) is 0 Å². The summed E-state index contributed by atoms with van der Waals surface area (Å²) in [7, 11) is 0. The van der Waals surface area contributed by atoms with Gasteiger partial charge in [-0.25, -0.2) is 4.68 Å². The summed E-state index contributed by atoms with van der Waals surface area (Å²) in [6, 6.07) is 3.28. The van der Waals surface area contributed by atoms with Crippen molar-refractivity contribution in [2.45, 2.75) is 18.9 Å². The van der Waals surface area contributed by atoms with Gasteiger partial charge in [0.15, 0.2) is 11.0 Å². The van der Waals surface area contributed by atoms with Gasteiger partial charge in [-0.3, -0.25) is 10.1 Å². The maximum Gasteiger partial charge on any atom is 0.293 e. The minimum Gasteiger partial charge on any atom is -0.440 e. The lowest BCUT2D eigenvalue weighted by Gasteiger charge is -2.02. The minimum atomic E-state index is -0.423. The van der Waals surface area contributed by atoms with Gasteiger partial charge in [0.2, 0.25) is 5.95 Å². The molecule has 0 aliphatic heterocycles. The van der Waals surface area contributed by atoms with Crippen LogP contribution in [0, 0.1) is 0 Å². The summed E-state index contributed by atoms with van der Waals surface area (Å²) in [5.41, 5.74) is 0. The second-order valence-corrected chi connectivity index (χ2v) is 4.11. The first-order valence-corrected chi connectivity index (χ1v) is 5.46. The van der Waals surface area contributed by atoms with E-state index in [1.807, 2.05) is 0 Å². The average molecular weight is 254 g/mol. The Kier molecular flexibility index (Phi) is 2.32. The molecule has 1 amide bonds. The van der Waals surface area contributed by atoms with Gasteiger partial charge in [0, 0.05) is 0 Å². The van der Waals surface area contributed by atoms with E-state index in [9.17, 15) is 4.79 Å². The molecular weight excluding hydrogens is 246 g/mol. The van der Waals surface area contributed by atoms with E-state index in [2.05, 4.69) is 20.8 Å². The van der Waals surface area contributed by atoms with Gasteiger partial charge in [-0.15, -0.1) is 0 Å². The van der Waals surface area contributed by atoms with Crippen LogP contribution in [0.2, 0.25) is 5.22 Å². The summed E-state index contributed by atoms with van der Waals surface area (Å²) in [4.78, 5) is 11.7. The molecule has 3 rings (SSSR count). The third-order valence-electron chi connectivity index (χ3n) is 2.41. The first-order valence-electron chi connectivity index (χ1n) is 5.08. The summed E-state index contributed by atoms with van der Waals surface area (Å²) in [5, 5.41) is 13.8. The molecule has 0 radical (unpaired) electrons. The van der Waals surface area contributed by atoms with E-state index in [0.717, 1.165) is 12.8 Å². The predicted octanol–water partition coefficient (Wildman–Crippen LogP) is 1.51. The molecule has 1 fully saturated rings. The number of tetrazole rings is 1. The molecule has 0 atom stereocenters. The van der Waals surface area contributed by atoms with Crippen LogP contribution in [0.25, 0.3) is 0 Å². The highest BCUT2D eigenvalue weighted by atomic mass is 35.5. The normalized spacial score (nSPS) is 14.9. The first kappa shape index (κ1) is 10.3. The maximum absolute atomic E-state index is 11.7. The SMILES string of the molecule is O=C(Nc1nnnn1C1CC1)c1ccc(Cl)o1. The van der Waals surface area contributed by atoms with Crippen molar-refractivity contribution in [2.75, 3.05) is 5.32 Å². The Bertz CT molecular complexity index is 559. The van der Waals surface area contributed by atoms with Gasteiger partial charge in [0.1, 0.15) is 0 Å². The van der Waals surface area contributed by atoms with Crippen molar-refractivity contribution in [1.82, 2.24) is 20.2 Å². The van der Waals surface area contributed by atoms with Crippen molar-refractivity contribution < 1.29 is 9.21 Å². The predicted molar refractivity (Wildman–Crippen MR) is 57.8 cm³/mol. The van der Waals surface area contributed by atoms with Gasteiger partial charge in [0.05, 0.1) is 6.04 Å². The van der Waals surface area contributed by atoms with Crippen molar-refractivity contribution in [2.24, 2.45) is 0 Å². The monoisotopic (exact) mass is 253 g/mol. The molecule has 0 unspecified atom stereocenters. The number of rotatable bonds is 3. The Labute approximate surface area is 101 Å². The van der Waals surface area contributed by atoms with Crippen molar-refractivity contribution in [1.29, 1.82) is 0 Å². The van der Waals surface area contributed by atoms with Crippen molar-refractivity contribution >= 4 is 23.5 Å². The minimum absolute atomic E-state index is 0.125. The zero-order valence-corrected chi connectivity index (χ0v) is 9.39. The van der Waals surface area contributed by atoms with E-state index in [4.69, 9.17) is 16.0 Å². The molecule has 1 aliphatic rings. The second kappa shape index (κ2) is 3.85. The third kappa shape index (κ3) is 2.01. The van der Waals surface area contributed by atoms with E-state index in [1.165, 1.54) is 12.1 Å². The van der Waals surface area contributed by atoms with Crippen LogP contribution in [0.4, 0.5) is 5.95 Å². The third-order valence-corrected chi connectivity index (χ3v) is 2.61. The highest BCUT2D eigenvalue weighted by molar-refractivity contribution is 6.29. The Hall–Kier alpha value is -1.89. The first-order chi connectivity index (χ1) is 8.24. The smallest absolute Gasteiger partial charge is 0.293 e. The number of hydrogen-bond acceptors (Lipinski definition) is 5. The number of nitrogens with zero attached hydrogens (tertiary/aromatic N) is 4. The van der Waals surface area contributed by atoms with E-state index >= 15 is 0 Å². The van der Waals surface area contributed by atoms with Crippen LogP contribution >= 0.6 is 11.6 Å². The molecular formula is C9H8ClN5O2. The number of halogens is 1. The summed E-state index contributed by atoms with van der Waals surface area (Å²) < 4.78 is 6.59. The number of anilines is 1. The van der Waals surface area contributed by atoms with Crippen LogP contribution in [0.5, 0.6) is 0 Å². The summed E-state index contributed by atoms with van der Waals surface area (Å²) in [5.74, 6) is 0.0268. The van der Waals surface area contributed by atoms with Gasteiger partial charge in [-0.2, -0.15) is 0 Å². The van der Waals surface area contributed by atoms with Gasteiger partial charge >= 0.3 is 0 Å². The number of nitrogens with one attached hydrogen (secondary N) is 1. The molecule has 2 aromatic rings. The number of aromatic nitrogens is 4. The molecule has 17 heavy (non-hydrogen) atoms. The summed E-state index contributed by atoms with van der Waals surface area (Å²) in [6.45, 7) is 0. The molecule has 0 bridgehead atoms. The standard InChI is InChI=1S/C9H8ClN5O2/c10-7-4-3-6(17-7)8(16)11-9-12-13-14-15(9)5-1-2-5/h3-5H,1-2H2,(H,11,12,14,16). The van der Waals surface area contributed by atoms with Gasteiger partial charge in [-0.1, -0.05) is 5.10 Å². The number of amides is 1. The van der Waals surface area contributed by atoms with Gasteiger partial charge < -0.3 is 4.42 Å². The fourth-order valence-electron chi connectivity index (χ4n) is 1.44. The van der Waals surface area contributed by atoms with Gasteiger partial charge in [0.25, 0.3) is 5.91 Å². The Morgan fingerprint density at radius 3 is 3.00 bits per heavy atom. The van der Waals surface area contributed by atoms with Crippen LogP contribution in [0.15, 0.2) is 16.5 Å². The summed E-state index contributed by atoms with van der Waals surface area (Å²) >= 11 is 5.59. The van der Waals surface area contributed by atoms with Crippen molar-refractivity contribution in [3.05, 3.63) is 23.1 Å². The Morgan fingerprint density at radius 2 is 2.35 bits per heavy atom. The van der Waals surface area contributed by atoms with Crippen LogP contribution in [-0.2, 0) is 0 Å². The van der Waals surface area contributed by atoms with Crippen molar-refractivity contribution in [3.63, 3.8) is 0 Å². The van der Waals surface area contributed by atoms with Crippen LogP contribution in [0.1, 0.15) is 29.4 Å². The molecule has 1 aliphatic carbocycles. The Morgan fingerprint density at radius 1 is 1.53 bits per heavy atom. The largest absolute Gasteiger partial charge is 0.440 e. The van der Waals surface area contributed by atoms with Crippen LogP contribution in [-0.4, -0.2) is 26.1 Å². The fraction of sp³-hybridized carbons (Fsp3) is 0.333. The highest BCUT2D eigenvalue weighted by Gasteiger charge is 2.28. The quantitative estimate of drug-likeness (QED) is 0.896. The average Bonchev–Trinajstić information content (AvgIpc) is 2.89. The molecule has 2 heterocycles. The number of furan rings is 1. The van der Waals surface area contributed by atoms with E-state index in [1.54, 1.807) is 4.68 Å². The number of carbonyl (C=O) groups is 1. The van der Waals surface area contributed by atoms with Gasteiger partial charge in [-0.05, 0) is 47.0 Å². The molecule has 7 nitrogen and oxygen atoms in total. The molecule has 2 aromatic heterocycles. The number of hydrogen-bond donors (Lipinski definition) is 1. The van der Waals surface area contributed by atoms with E-state index in [-0.39, 0.29) is 11.0 Å². The molecule has 0 saturated heterocycles. The highest BCUT2D eigenvalue weighted by Crippen LogP contribution is 2.35. The Balaban J connectivity index is 1.78. The van der Waals surface area contributed by atoms with Crippen LogP contribution in [0.3, 0.4) is 0 Å². The molecule has 1 saturated carbocycles. The second-order valence-electron chi connectivity index (χ2n) is 3.74. The molecule has 88 valence electrons.